The lowest BCUT2D eigenvalue weighted by Gasteiger charge is -2.31. The summed E-state index contributed by atoms with van der Waals surface area (Å²) in [5, 5.41) is 3.00. The molecule has 0 radical (unpaired) electrons. The summed E-state index contributed by atoms with van der Waals surface area (Å²) in [6, 6.07) is 9.40. The third kappa shape index (κ3) is 5.51. The second-order valence-electron chi connectivity index (χ2n) is 8.85. The van der Waals surface area contributed by atoms with Crippen molar-refractivity contribution in [3.05, 3.63) is 35.9 Å². The van der Waals surface area contributed by atoms with Crippen molar-refractivity contribution in [3.8, 4) is 17.2 Å². The Balaban J connectivity index is 1.57. The molecule has 0 spiro atoms. The number of amides is 2. The summed E-state index contributed by atoms with van der Waals surface area (Å²) in [5.41, 5.74) is 3.13. The van der Waals surface area contributed by atoms with Gasteiger partial charge in [0, 0.05) is 38.2 Å². The summed E-state index contributed by atoms with van der Waals surface area (Å²) in [4.78, 5) is 30.0. The van der Waals surface area contributed by atoms with Gasteiger partial charge in [0.15, 0.2) is 0 Å². The number of anilines is 3. The third-order valence-corrected chi connectivity index (χ3v) is 6.39. The van der Waals surface area contributed by atoms with Crippen molar-refractivity contribution in [3.63, 3.8) is 0 Å². The molecule has 4 rings (SSSR count). The van der Waals surface area contributed by atoms with E-state index in [9.17, 15) is 9.59 Å². The number of carbonyl (C=O) groups is 2. The van der Waals surface area contributed by atoms with Crippen LogP contribution in [0.3, 0.4) is 0 Å². The molecule has 2 fully saturated rings. The Labute approximate surface area is 212 Å². The van der Waals surface area contributed by atoms with Gasteiger partial charge in [-0.15, -0.1) is 0 Å². The maximum atomic E-state index is 13.3. The molecule has 2 aliphatic heterocycles. The fraction of sp³-hybridized carbons (Fsp3) is 0.481. The van der Waals surface area contributed by atoms with Gasteiger partial charge >= 0.3 is 0 Å². The van der Waals surface area contributed by atoms with Crippen LogP contribution in [0.1, 0.15) is 25.8 Å². The molecule has 0 aromatic heterocycles. The predicted molar refractivity (Wildman–Crippen MR) is 139 cm³/mol. The zero-order chi connectivity index (χ0) is 25.7. The summed E-state index contributed by atoms with van der Waals surface area (Å²) < 4.78 is 22.8. The van der Waals surface area contributed by atoms with Crippen LogP contribution in [0.2, 0.25) is 0 Å². The number of hydrogen-bond acceptors (Lipinski definition) is 7. The maximum absolute atomic E-state index is 13.3. The first-order valence-electron chi connectivity index (χ1n) is 12.5. The number of nitrogens with one attached hydrogen (secondary N) is 1. The largest absolute Gasteiger partial charge is 0.495 e. The average molecular weight is 498 g/mol. The Morgan fingerprint density at radius 3 is 2.44 bits per heavy atom. The summed E-state index contributed by atoms with van der Waals surface area (Å²) in [7, 11) is 1.57. The molecule has 2 amide bonds. The molecule has 2 aromatic rings. The van der Waals surface area contributed by atoms with Crippen LogP contribution >= 0.6 is 0 Å². The Morgan fingerprint density at radius 1 is 1.03 bits per heavy atom. The van der Waals surface area contributed by atoms with E-state index in [0.717, 1.165) is 24.3 Å². The Kier molecular flexibility index (Phi) is 8.20. The van der Waals surface area contributed by atoms with Crippen LogP contribution in [0.15, 0.2) is 30.3 Å². The minimum atomic E-state index is -0.508. The average Bonchev–Trinajstić information content (AvgIpc) is 3.27. The number of aryl methyl sites for hydroxylation is 1. The summed E-state index contributed by atoms with van der Waals surface area (Å²) in [6.07, 6.45) is 0.122. The number of rotatable bonds is 9. The van der Waals surface area contributed by atoms with Crippen LogP contribution in [-0.4, -0.2) is 65.0 Å². The molecule has 1 atom stereocenters. The lowest BCUT2D eigenvalue weighted by Crippen LogP contribution is -2.36. The van der Waals surface area contributed by atoms with Gasteiger partial charge in [0.1, 0.15) is 17.2 Å². The van der Waals surface area contributed by atoms with Crippen LogP contribution < -0.4 is 29.3 Å². The predicted octanol–water partition coefficient (Wildman–Crippen LogP) is 3.63. The minimum Gasteiger partial charge on any atom is -0.495 e. The molecule has 9 heteroatoms. The molecule has 1 unspecified atom stereocenters. The second-order valence-corrected chi connectivity index (χ2v) is 8.85. The monoisotopic (exact) mass is 497 g/mol. The number of morpholine rings is 1. The number of hydrogen-bond donors (Lipinski definition) is 1. The molecular weight excluding hydrogens is 462 g/mol. The van der Waals surface area contributed by atoms with Crippen LogP contribution in [0.25, 0.3) is 0 Å². The van der Waals surface area contributed by atoms with Gasteiger partial charge < -0.3 is 34.1 Å². The van der Waals surface area contributed by atoms with E-state index in [4.69, 9.17) is 18.9 Å². The first kappa shape index (κ1) is 25.6. The Morgan fingerprint density at radius 2 is 1.75 bits per heavy atom. The van der Waals surface area contributed by atoms with Crippen molar-refractivity contribution in [1.82, 2.24) is 0 Å². The second kappa shape index (κ2) is 11.5. The molecule has 2 saturated heterocycles. The SMILES string of the molecule is CCOc1cc(N2CCOCC2)c(OCC)cc1NC(=O)C1CC(=O)N(c2cc(C)ccc2OC)C1. The van der Waals surface area contributed by atoms with Crippen LogP contribution in [-0.2, 0) is 14.3 Å². The highest BCUT2D eigenvalue weighted by atomic mass is 16.5. The number of ether oxygens (including phenoxy) is 4. The van der Waals surface area contributed by atoms with E-state index < -0.39 is 5.92 Å². The highest BCUT2D eigenvalue weighted by Gasteiger charge is 2.37. The lowest BCUT2D eigenvalue weighted by atomic mass is 10.1. The number of methoxy groups -OCH3 is 1. The van der Waals surface area contributed by atoms with E-state index in [2.05, 4.69) is 10.2 Å². The highest BCUT2D eigenvalue weighted by Crippen LogP contribution is 2.40. The van der Waals surface area contributed by atoms with E-state index in [1.807, 2.05) is 51.1 Å². The topological polar surface area (TPSA) is 89.6 Å². The highest BCUT2D eigenvalue weighted by molar-refractivity contribution is 6.04. The first-order chi connectivity index (χ1) is 17.4. The quantitative estimate of drug-likeness (QED) is 0.566. The van der Waals surface area contributed by atoms with Gasteiger partial charge in [0.25, 0.3) is 0 Å². The van der Waals surface area contributed by atoms with Crippen molar-refractivity contribution in [2.24, 2.45) is 5.92 Å². The van der Waals surface area contributed by atoms with Crippen molar-refractivity contribution in [2.75, 3.05) is 68.3 Å². The normalized spacial score (nSPS) is 17.8. The maximum Gasteiger partial charge on any atom is 0.229 e. The molecule has 194 valence electrons. The molecule has 0 aliphatic carbocycles. The molecule has 1 N–H and O–H groups in total. The van der Waals surface area contributed by atoms with Crippen molar-refractivity contribution < 1.29 is 28.5 Å². The fourth-order valence-corrected chi connectivity index (χ4v) is 4.61. The van der Waals surface area contributed by atoms with Crippen LogP contribution in [0.4, 0.5) is 17.1 Å². The van der Waals surface area contributed by atoms with E-state index in [-0.39, 0.29) is 24.8 Å². The molecule has 2 heterocycles. The van der Waals surface area contributed by atoms with Crippen LogP contribution in [0.5, 0.6) is 17.2 Å². The molecule has 0 bridgehead atoms. The van der Waals surface area contributed by atoms with Crippen molar-refractivity contribution in [2.45, 2.75) is 27.2 Å². The van der Waals surface area contributed by atoms with Gasteiger partial charge in [0.2, 0.25) is 11.8 Å². The molecule has 0 saturated carbocycles. The zero-order valence-electron chi connectivity index (χ0n) is 21.5. The summed E-state index contributed by atoms with van der Waals surface area (Å²) >= 11 is 0. The lowest BCUT2D eigenvalue weighted by molar-refractivity contribution is -0.122. The third-order valence-electron chi connectivity index (χ3n) is 6.39. The smallest absolute Gasteiger partial charge is 0.229 e. The Hall–Kier alpha value is -3.46. The van der Waals surface area contributed by atoms with Gasteiger partial charge in [-0.1, -0.05) is 6.07 Å². The van der Waals surface area contributed by atoms with Crippen LogP contribution in [0, 0.1) is 12.8 Å². The van der Waals surface area contributed by atoms with Crippen molar-refractivity contribution in [1.29, 1.82) is 0 Å². The first-order valence-corrected chi connectivity index (χ1v) is 12.5. The van der Waals surface area contributed by atoms with E-state index in [1.54, 1.807) is 12.0 Å². The van der Waals surface area contributed by atoms with E-state index in [0.29, 0.717) is 55.1 Å². The van der Waals surface area contributed by atoms with E-state index in [1.165, 1.54) is 0 Å². The molecular formula is C27H35N3O6. The number of carbonyl (C=O) groups excluding carboxylic acids is 2. The minimum absolute atomic E-state index is 0.109. The van der Waals surface area contributed by atoms with E-state index >= 15 is 0 Å². The fourth-order valence-electron chi connectivity index (χ4n) is 4.61. The van der Waals surface area contributed by atoms with Gasteiger partial charge in [-0.25, -0.2) is 0 Å². The van der Waals surface area contributed by atoms with Crippen molar-refractivity contribution >= 4 is 28.9 Å². The van der Waals surface area contributed by atoms with Gasteiger partial charge in [-0.2, -0.15) is 0 Å². The summed E-state index contributed by atoms with van der Waals surface area (Å²) in [5.74, 6) is 0.992. The number of benzene rings is 2. The zero-order valence-corrected chi connectivity index (χ0v) is 21.5. The van der Waals surface area contributed by atoms with Gasteiger partial charge in [-0.05, 0) is 38.5 Å². The molecule has 36 heavy (non-hydrogen) atoms. The molecule has 2 aromatic carbocycles. The summed E-state index contributed by atoms with van der Waals surface area (Å²) in [6.45, 7) is 9.79. The molecule has 2 aliphatic rings. The van der Waals surface area contributed by atoms with Gasteiger partial charge in [-0.3, -0.25) is 9.59 Å². The number of nitrogens with zero attached hydrogens (tertiary/aromatic N) is 2. The Bertz CT molecular complexity index is 1100. The standard InChI is InChI=1S/C27H35N3O6/c1-5-35-24-16-21(29-9-11-34-12-10-29)25(36-6-2)15-20(24)28-27(32)19-14-26(31)30(17-19)22-13-18(3)7-8-23(22)33-4/h7-8,13,15-16,19H,5-6,9-12,14,17H2,1-4H3,(H,28,32). The molecule has 9 nitrogen and oxygen atoms in total. The van der Waals surface area contributed by atoms with Gasteiger partial charge in [0.05, 0.1) is 56.5 Å².